The molecule has 5 atom stereocenters. The average Bonchev–Trinajstić information content (AvgIpc) is 3.31. The number of ketones is 1. The maximum atomic E-state index is 13.9. The minimum atomic E-state index is -2.47. The van der Waals surface area contributed by atoms with Gasteiger partial charge in [-0.2, -0.15) is 0 Å². The van der Waals surface area contributed by atoms with E-state index in [9.17, 15) is 34.8 Å². The molecule has 0 saturated carbocycles. The van der Waals surface area contributed by atoms with Crippen LogP contribution < -0.4 is 15.8 Å². The number of ether oxygens (including phenoxy) is 1. The van der Waals surface area contributed by atoms with Crippen molar-refractivity contribution in [3.05, 3.63) is 45.4 Å². The number of hydrogen-bond acceptors (Lipinski definition) is 11. The van der Waals surface area contributed by atoms with Gasteiger partial charge in [0.05, 0.1) is 24.4 Å². The Balaban J connectivity index is 1.58. The summed E-state index contributed by atoms with van der Waals surface area (Å²) in [5.74, 6) is -4.75. The van der Waals surface area contributed by atoms with E-state index in [-0.39, 0.29) is 41.7 Å². The Kier molecular flexibility index (Phi) is 7.32. The van der Waals surface area contributed by atoms with Gasteiger partial charge in [0.1, 0.15) is 28.6 Å². The second-order valence-electron chi connectivity index (χ2n) is 11.9. The third kappa shape index (κ3) is 4.34. The number of aliphatic hydroxyl groups is 3. The van der Waals surface area contributed by atoms with E-state index in [1.807, 2.05) is 0 Å². The lowest BCUT2D eigenvalue weighted by molar-refractivity contribution is -0.119. The van der Waals surface area contributed by atoms with Crippen LogP contribution in [0, 0.1) is 17.2 Å². The number of aromatic hydroxyl groups is 1. The van der Waals surface area contributed by atoms with E-state index in [2.05, 4.69) is 10.2 Å². The number of nitrogens with zero attached hydrogens (tertiary/aromatic N) is 2. The fourth-order valence-corrected chi connectivity index (χ4v) is 7.41. The predicted octanol–water partition coefficient (Wildman–Crippen LogP) is 0.290. The molecule has 0 unspecified atom stereocenters. The van der Waals surface area contributed by atoms with Crippen molar-refractivity contribution < 1.29 is 39.5 Å². The van der Waals surface area contributed by atoms with Crippen molar-refractivity contribution in [1.82, 2.24) is 15.1 Å². The number of benzene rings is 1. The molecule has 1 aromatic rings. The SMILES string of the molecule is COc1c(CN2CC[C@H](NC(C)=O)C2)cc(O)c2c1C[C@H]1C[C@H]3[C@H](N(C)C)C(O)=C(C(N)=O)C(=N)[C@@]3(O)C(O)=C1C2=O. The zero-order valence-corrected chi connectivity index (χ0v) is 24.0. The number of carbonyl (C=O) groups is 3. The van der Waals surface area contributed by atoms with E-state index in [4.69, 9.17) is 15.9 Å². The third-order valence-corrected chi connectivity index (χ3v) is 9.09. The molecular formula is C29H37N5O8. The first-order valence-electron chi connectivity index (χ1n) is 13.8. The molecule has 0 bridgehead atoms. The molecule has 0 aromatic heterocycles. The van der Waals surface area contributed by atoms with Gasteiger partial charge >= 0.3 is 0 Å². The van der Waals surface area contributed by atoms with Crippen LogP contribution in [0.3, 0.4) is 0 Å². The van der Waals surface area contributed by atoms with Gasteiger partial charge in [-0.25, -0.2) is 0 Å². The third-order valence-electron chi connectivity index (χ3n) is 9.09. The first-order valence-corrected chi connectivity index (χ1v) is 13.8. The lowest BCUT2D eigenvalue weighted by atomic mass is 9.58. The number of phenolic OH excluding ortho intramolecular Hbond substituents is 1. The standard InChI is InChI=1S/C29H37N5O8/c1-12(35)32-15-5-6-34(11-15)10-14-9-18(36)20-16(25(14)42-4)7-13-8-17-22(33(2)3)24(38)21(28(31)40)26(30)29(17,41)27(39)19(13)23(20)37/h9,13,15,17,22,30,36,38-39,41H,5-8,10-11H2,1-4H3,(H2,31,40)(H,32,35)/t13-,15-,17-,22-,29+/m0/s1. The molecule has 2 amide bonds. The van der Waals surface area contributed by atoms with Crippen LogP contribution in [0.4, 0.5) is 0 Å². The number of phenols is 1. The summed E-state index contributed by atoms with van der Waals surface area (Å²) in [6, 6.07) is 0.480. The zero-order valence-electron chi connectivity index (χ0n) is 24.0. The monoisotopic (exact) mass is 583 g/mol. The minimum absolute atomic E-state index is 0.0115. The van der Waals surface area contributed by atoms with Crippen LogP contribution in [0.15, 0.2) is 28.7 Å². The molecule has 3 aliphatic carbocycles. The molecule has 1 fully saturated rings. The van der Waals surface area contributed by atoms with Crippen LogP contribution in [0.2, 0.25) is 0 Å². The van der Waals surface area contributed by atoms with Crippen molar-refractivity contribution in [2.24, 2.45) is 17.6 Å². The number of aliphatic hydroxyl groups excluding tert-OH is 2. The van der Waals surface area contributed by atoms with E-state index >= 15 is 0 Å². The summed E-state index contributed by atoms with van der Waals surface area (Å²) in [5, 5.41) is 57.0. The number of nitrogens with two attached hydrogens (primary N) is 1. The van der Waals surface area contributed by atoms with Crippen molar-refractivity contribution in [3.63, 3.8) is 0 Å². The molecule has 1 aliphatic heterocycles. The summed E-state index contributed by atoms with van der Waals surface area (Å²) in [5.41, 5.74) is 2.50. The Bertz CT molecular complexity index is 1470. The largest absolute Gasteiger partial charge is 0.510 e. The van der Waals surface area contributed by atoms with Crippen LogP contribution in [0.25, 0.3) is 0 Å². The van der Waals surface area contributed by atoms with Crippen LogP contribution >= 0.6 is 0 Å². The molecule has 1 heterocycles. The number of amides is 2. The second-order valence-corrected chi connectivity index (χ2v) is 11.9. The summed E-state index contributed by atoms with van der Waals surface area (Å²) in [4.78, 5) is 41.3. The van der Waals surface area contributed by atoms with Gasteiger partial charge in [0, 0.05) is 55.2 Å². The molecule has 8 N–H and O–H groups in total. The number of carbonyl (C=O) groups excluding carboxylic acids is 3. The predicted molar refractivity (Wildman–Crippen MR) is 150 cm³/mol. The highest BCUT2D eigenvalue weighted by Crippen LogP contribution is 2.53. The molecular weight excluding hydrogens is 546 g/mol. The van der Waals surface area contributed by atoms with Gasteiger partial charge in [-0.3, -0.25) is 24.2 Å². The van der Waals surface area contributed by atoms with Gasteiger partial charge in [-0.05, 0) is 45.3 Å². The number of rotatable bonds is 6. The smallest absolute Gasteiger partial charge is 0.254 e. The molecule has 42 heavy (non-hydrogen) atoms. The van der Waals surface area contributed by atoms with E-state index < -0.39 is 58.0 Å². The summed E-state index contributed by atoms with van der Waals surface area (Å²) >= 11 is 0. The fraction of sp³-hybridized carbons (Fsp3) is 0.517. The van der Waals surface area contributed by atoms with E-state index in [0.717, 1.165) is 13.0 Å². The summed E-state index contributed by atoms with van der Waals surface area (Å²) in [6.07, 6.45) is 1.02. The Morgan fingerprint density at radius 1 is 1.29 bits per heavy atom. The average molecular weight is 584 g/mol. The zero-order chi connectivity index (χ0) is 30.8. The second kappa shape index (κ2) is 10.4. The van der Waals surface area contributed by atoms with Gasteiger partial charge in [0.25, 0.3) is 5.91 Å². The number of methoxy groups -OCH3 is 1. The fourth-order valence-electron chi connectivity index (χ4n) is 7.41. The number of likely N-dealkylation sites (N-methyl/N-ethyl adjacent to an activating group) is 1. The highest BCUT2D eigenvalue weighted by atomic mass is 16.5. The molecule has 4 aliphatic rings. The molecule has 1 aromatic carbocycles. The quantitative estimate of drug-likeness (QED) is 0.243. The number of hydrogen-bond donors (Lipinski definition) is 7. The Morgan fingerprint density at radius 3 is 2.57 bits per heavy atom. The number of Topliss-reactive ketones (excluding diaryl/α,β-unsaturated/α-hetero) is 1. The summed E-state index contributed by atoms with van der Waals surface area (Å²) < 4.78 is 5.79. The number of nitrogens with one attached hydrogen (secondary N) is 2. The number of fused-ring (bicyclic) bond motifs is 3. The molecule has 0 radical (unpaired) electrons. The molecule has 13 nitrogen and oxygen atoms in total. The van der Waals surface area contributed by atoms with Gasteiger partial charge in [0.15, 0.2) is 11.4 Å². The van der Waals surface area contributed by atoms with E-state index in [1.165, 1.54) is 20.1 Å². The van der Waals surface area contributed by atoms with E-state index in [0.29, 0.717) is 30.0 Å². The number of allylic oxidation sites excluding steroid dienone is 1. The van der Waals surface area contributed by atoms with Gasteiger partial charge in [0.2, 0.25) is 5.91 Å². The Labute approximate surface area is 242 Å². The van der Waals surface area contributed by atoms with Crippen molar-refractivity contribution in [2.75, 3.05) is 34.3 Å². The first-order chi connectivity index (χ1) is 19.7. The lowest BCUT2D eigenvalue weighted by Gasteiger charge is -2.51. The molecule has 13 heteroatoms. The number of likely N-dealkylation sites (tertiary alicyclic amines) is 1. The van der Waals surface area contributed by atoms with Gasteiger partial charge in [-0.15, -0.1) is 0 Å². The number of primary amides is 1. The van der Waals surface area contributed by atoms with Crippen molar-refractivity contribution >= 4 is 23.3 Å². The van der Waals surface area contributed by atoms with E-state index in [1.54, 1.807) is 19.0 Å². The van der Waals surface area contributed by atoms with Crippen molar-refractivity contribution in [2.45, 2.75) is 50.4 Å². The lowest BCUT2D eigenvalue weighted by Crippen LogP contribution is -2.63. The van der Waals surface area contributed by atoms with Crippen LogP contribution in [-0.4, -0.2) is 106 Å². The summed E-state index contributed by atoms with van der Waals surface area (Å²) in [7, 11) is 4.72. The molecule has 0 spiro atoms. The van der Waals surface area contributed by atoms with Gasteiger partial charge in [-0.1, -0.05) is 0 Å². The molecule has 5 rings (SSSR count). The van der Waals surface area contributed by atoms with Crippen molar-refractivity contribution in [1.29, 1.82) is 5.41 Å². The highest BCUT2D eigenvalue weighted by molar-refractivity contribution is 6.26. The molecule has 226 valence electrons. The van der Waals surface area contributed by atoms with Crippen LogP contribution in [0.5, 0.6) is 11.5 Å². The summed E-state index contributed by atoms with van der Waals surface area (Å²) in [6.45, 7) is 3.22. The Morgan fingerprint density at radius 2 is 1.98 bits per heavy atom. The maximum absolute atomic E-state index is 13.9. The maximum Gasteiger partial charge on any atom is 0.254 e. The first kappa shape index (κ1) is 29.5. The Hall–Kier alpha value is -3.94. The van der Waals surface area contributed by atoms with Crippen LogP contribution in [-0.2, 0) is 22.6 Å². The van der Waals surface area contributed by atoms with Crippen molar-refractivity contribution in [3.8, 4) is 11.5 Å². The van der Waals surface area contributed by atoms with Crippen LogP contribution in [0.1, 0.15) is 41.3 Å². The topological polar surface area (TPSA) is 210 Å². The minimum Gasteiger partial charge on any atom is -0.510 e. The van der Waals surface area contributed by atoms with Gasteiger partial charge < -0.3 is 41.6 Å². The molecule has 1 saturated heterocycles. The normalized spacial score (nSPS) is 29.4. The highest BCUT2D eigenvalue weighted by Gasteiger charge is 2.61.